The number of nitrogens with one attached hydrogen (secondary N) is 1. The number of hydrogen-bond donors (Lipinski definition) is 1. The Morgan fingerprint density at radius 2 is 1.82 bits per heavy atom. The highest BCUT2D eigenvalue weighted by atomic mass is 35.5. The second-order valence-electron chi connectivity index (χ2n) is 7.18. The molecule has 0 spiro atoms. The third-order valence-corrected chi connectivity index (χ3v) is 5.49. The number of nitrogens with zero attached hydrogens (tertiary/aromatic N) is 2. The highest BCUT2D eigenvalue weighted by Gasteiger charge is 2.25. The second-order valence-corrected chi connectivity index (χ2v) is 7.62. The van der Waals surface area contributed by atoms with Crippen molar-refractivity contribution < 1.29 is 9.53 Å². The van der Waals surface area contributed by atoms with Gasteiger partial charge in [-0.2, -0.15) is 0 Å². The van der Waals surface area contributed by atoms with Crippen LogP contribution < -0.4 is 10.1 Å². The number of hydrogen-bond acceptors (Lipinski definition) is 4. The molecule has 2 aromatic rings. The van der Waals surface area contributed by atoms with E-state index >= 15 is 0 Å². The molecule has 150 valence electrons. The van der Waals surface area contributed by atoms with Gasteiger partial charge in [0.25, 0.3) is 0 Å². The van der Waals surface area contributed by atoms with Crippen LogP contribution in [0, 0.1) is 0 Å². The molecule has 1 aliphatic rings. The van der Waals surface area contributed by atoms with E-state index in [1.54, 1.807) is 7.11 Å². The average Bonchev–Trinajstić information content (AvgIpc) is 2.72. The number of amides is 1. The zero-order valence-corrected chi connectivity index (χ0v) is 17.3. The Bertz CT molecular complexity index is 774. The molecule has 0 radical (unpaired) electrons. The first-order valence-corrected chi connectivity index (χ1v) is 10.0. The molecule has 1 aliphatic heterocycles. The summed E-state index contributed by atoms with van der Waals surface area (Å²) in [5.74, 6) is 0.887. The minimum atomic E-state index is -0.133. The zero-order chi connectivity index (χ0) is 19.9. The largest absolute Gasteiger partial charge is 0.497 e. The maximum Gasteiger partial charge on any atom is 0.237 e. The average molecular weight is 402 g/mol. The Hall–Kier alpha value is -2.08. The smallest absolute Gasteiger partial charge is 0.237 e. The van der Waals surface area contributed by atoms with Gasteiger partial charge in [-0.1, -0.05) is 35.9 Å². The fourth-order valence-electron chi connectivity index (χ4n) is 3.45. The van der Waals surface area contributed by atoms with Gasteiger partial charge in [-0.25, -0.2) is 0 Å². The van der Waals surface area contributed by atoms with Crippen molar-refractivity contribution in [3.63, 3.8) is 0 Å². The Kier molecular flexibility index (Phi) is 7.31. The molecule has 1 atom stereocenters. The van der Waals surface area contributed by atoms with Crippen molar-refractivity contribution in [3.05, 3.63) is 64.7 Å². The molecule has 0 aliphatic carbocycles. The van der Waals surface area contributed by atoms with E-state index in [0.29, 0.717) is 6.54 Å². The molecule has 0 aromatic heterocycles. The predicted molar refractivity (Wildman–Crippen MR) is 113 cm³/mol. The number of carbonyl (C=O) groups is 1. The van der Waals surface area contributed by atoms with Crippen LogP contribution >= 0.6 is 11.6 Å². The van der Waals surface area contributed by atoms with Gasteiger partial charge in [0.15, 0.2) is 0 Å². The van der Waals surface area contributed by atoms with Gasteiger partial charge in [0.05, 0.1) is 13.2 Å². The van der Waals surface area contributed by atoms with E-state index < -0.39 is 0 Å². The van der Waals surface area contributed by atoms with Gasteiger partial charge in [0.2, 0.25) is 5.91 Å². The topological polar surface area (TPSA) is 44.8 Å². The van der Waals surface area contributed by atoms with Crippen LogP contribution in [0.25, 0.3) is 0 Å². The summed E-state index contributed by atoms with van der Waals surface area (Å²) >= 11 is 6.07. The van der Waals surface area contributed by atoms with E-state index in [4.69, 9.17) is 16.3 Å². The van der Waals surface area contributed by atoms with Gasteiger partial charge >= 0.3 is 0 Å². The number of methoxy groups -OCH3 is 1. The number of rotatable bonds is 7. The molecule has 0 bridgehead atoms. The van der Waals surface area contributed by atoms with Gasteiger partial charge in [0, 0.05) is 44.3 Å². The normalized spacial score (nSPS) is 16.5. The highest BCUT2D eigenvalue weighted by Crippen LogP contribution is 2.15. The van der Waals surface area contributed by atoms with E-state index in [9.17, 15) is 4.79 Å². The third-order valence-electron chi connectivity index (χ3n) is 5.26. The molecule has 3 rings (SSSR count). The number of benzene rings is 2. The van der Waals surface area contributed by atoms with E-state index in [1.807, 2.05) is 49.4 Å². The van der Waals surface area contributed by atoms with Crippen LogP contribution in [-0.4, -0.2) is 55.0 Å². The Balaban J connectivity index is 1.43. The first-order valence-electron chi connectivity index (χ1n) is 9.66. The first-order chi connectivity index (χ1) is 13.5. The first kappa shape index (κ1) is 20.6. The molecule has 6 heteroatoms. The standard InChI is InChI=1S/C22H28ClN3O2/c1-17(22(27)24-15-18-6-8-21(28-2)9-7-18)26-12-10-25(11-13-26)16-19-4-3-5-20(23)14-19/h3-9,14,17H,10-13,15-16H2,1-2H3,(H,24,27)/t17-/m1/s1. The summed E-state index contributed by atoms with van der Waals surface area (Å²) < 4.78 is 5.16. The number of ether oxygens (including phenoxy) is 1. The minimum Gasteiger partial charge on any atom is -0.497 e. The predicted octanol–water partition coefficient (Wildman–Crippen LogP) is 3.17. The molecule has 2 aromatic carbocycles. The minimum absolute atomic E-state index is 0.0686. The molecule has 0 unspecified atom stereocenters. The second kappa shape index (κ2) is 9.92. The van der Waals surface area contributed by atoms with Gasteiger partial charge in [-0.05, 0) is 42.3 Å². The lowest BCUT2D eigenvalue weighted by atomic mass is 10.1. The quantitative estimate of drug-likeness (QED) is 0.774. The summed E-state index contributed by atoms with van der Waals surface area (Å²) in [6, 6.07) is 15.6. The van der Waals surface area contributed by atoms with Gasteiger partial charge in [-0.3, -0.25) is 14.6 Å². The van der Waals surface area contributed by atoms with Crippen LogP contribution in [0.1, 0.15) is 18.1 Å². The summed E-state index contributed by atoms with van der Waals surface area (Å²) in [6.07, 6.45) is 0. The molecule has 1 fully saturated rings. The van der Waals surface area contributed by atoms with Crippen molar-refractivity contribution in [1.82, 2.24) is 15.1 Å². The fourth-order valence-corrected chi connectivity index (χ4v) is 3.66. The molecule has 1 amide bonds. The number of halogens is 1. The Morgan fingerprint density at radius 1 is 1.11 bits per heavy atom. The van der Waals surface area contributed by atoms with E-state index in [2.05, 4.69) is 21.2 Å². The van der Waals surface area contributed by atoms with Gasteiger partial charge in [0.1, 0.15) is 5.75 Å². The van der Waals surface area contributed by atoms with Crippen molar-refractivity contribution in [2.75, 3.05) is 33.3 Å². The Labute approximate surface area is 172 Å². The summed E-state index contributed by atoms with van der Waals surface area (Å²) in [6.45, 7) is 7.07. The monoisotopic (exact) mass is 401 g/mol. The van der Waals surface area contributed by atoms with Gasteiger partial charge in [-0.15, -0.1) is 0 Å². The zero-order valence-electron chi connectivity index (χ0n) is 16.5. The maximum absolute atomic E-state index is 12.5. The van der Waals surface area contributed by atoms with Crippen LogP contribution in [0.2, 0.25) is 5.02 Å². The molecule has 28 heavy (non-hydrogen) atoms. The number of carbonyl (C=O) groups excluding carboxylic acids is 1. The molecule has 0 saturated carbocycles. The third kappa shape index (κ3) is 5.71. The van der Waals surface area contributed by atoms with Gasteiger partial charge < -0.3 is 10.1 Å². The van der Waals surface area contributed by atoms with Crippen molar-refractivity contribution in [3.8, 4) is 5.75 Å². The SMILES string of the molecule is COc1ccc(CNC(=O)[C@@H](C)N2CCN(Cc3cccc(Cl)c3)CC2)cc1. The summed E-state index contributed by atoms with van der Waals surface area (Å²) in [5, 5.41) is 3.82. The van der Waals surface area contributed by atoms with E-state index in [0.717, 1.165) is 49.1 Å². The molecule has 1 saturated heterocycles. The molecule has 1 heterocycles. The van der Waals surface area contributed by atoms with Crippen LogP contribution in [-0.2, 0) is 17.9 Å². The van der Waals surface area contributed by atoms with E-state index in [-0.39, 0.29) is 11.9 Å². The van der Waals surface area contributed by atoms with Crippen LogP contribution in [0.3, 0.4) is 0 Å². The summed E-state index contributed by atoms with van der Waals surface area (Å²) in [5.41, 5.74) is 2.29. The number of piperazine rings is 1. The molecule has 5 nitrogen and oxygen atoms in total. The van der Waals surface area contributed by atoms with Crippen molar-refractivity contribution in [1.29, 1.82) is 0 Å². The van der Waals surface area contributed by atoms with Crippen LogP contribution in [0.15, 0.2) is 48.5 Å². The lowest BCUT2D eigenvalue weighted by Gasteiger charge is -2.37. The fraction of sp³-hybridized carbons (Fsp3) is 0.409. The molecule has 1 N–H and O–H groups in total. The molecular weight excluding hydrogens is 374 g/mol. The lowest BCUT2D eigenvalue weighted by Crippen LogP contribution is -2.53. The van der Waals surface area contributed by atoms with Crippen LogP contribution in [0.5, 0.6) is 5.75 Å². The maximum atomic E-state index is 12.5. The summed E-state index contributed by atoms with van der Waals surface area (Å²) in [7, 11) is 1.65. The van der Waals surface area contributed by atoms with E-state index in [1.165, 1.54) is 5.56 Å². The van der Waals surface area contributed by atoms with Crippen molar-refractivity contribution in [2.24, 2.45) is 0 Å². The lowest BCUT2D eigenvalue weighted by molar-refractivity contribution is -0.126. The summed E-state index contributed by atoms with van der Waals surface area (Å²) in [4.78, 5) is 17.2. The molecular formula is C22H28ClN3O2. The van der Waals surface area contributed by atoms with Crippen molar-refractivity contribution >= 4 is 17.5 Å². The van der Waals surface area contributed by atoms with Crippen LogP contribution in [0.4, 0.5) is 0 Å². The Morgan fingerprint density at radius 3 is 2.46 bits per heavy atom. The van der Waals surface area contributed by atoms with Crippen molar-refractivity contribution in [2.45, 2.75) is 26.1 Å². The highest BCUT2D eigenvalue weighted by molar-refractivity contribution is 6.30.